The fraction of sp³-hybridized carbons (Fsp3) is 0.286. The van der Waals surface area contributed by atoms with Crippen LogP contribution in [0, 0.1) is 18.8 Å². The maximum atomic E-state index is 13.4. The molecular weight excluding hydrogens is 350 g/mol. The largest absolute Gasteiger partial charge is 0.325 e. The molecule has 4 rings (SSSR count). The Balaban J connectivity index is 1.67. The Bertz CT molecular complexity index is 804. The SMILES string of the molecule is Cc1ccc(NC(=O)[C@]2(Sc3ccccc3)[C@@H]3C=C[C@@H](C3)[C@H]2Cl)cc1. The van der Waals surface area contributed by atoms with Gasteiger partial charge in [0.05, 0.1) is 5.38 Å². The lowest BCUT2D eigenvalue weighted by atomic mass is 9.90. The van der Waals surface area contributed by atoms with Crippen LogP contribution >= 0.6 is 23.4 Å². The Morgan fingerprint density at radius 2 is 1.84 bits per heavy atom. The van der Waals surface area contributed by atoms with Gasteiger partial charge in [-0.1, -0.05) is 48.0 Å². The standard InChI is InChI=1S/C21H20ClNOS/c1-14-7-11-17(12-8-14)23-20(24)21(25-18-5-3-2-4-6-18)16-10-9-15(13-16)19(21)22/h2-12,15-16,19H,13H2,1H3,(H,23,24)/t15-,16+,19+,21-/m0/s1. The summed E-state index contributed by atoms with van der Waals surface area (Å²) in [6.45, 7) is 2.04. The van der Waals surface area contributed by atoms with Crippen LogP contribution in [-0.4, -0.2) is 16.0 Å². The molecule has 0 saturated heterocycles. The van der Waals surface area contributed by atoms with Gasteiger partial charge in [0.25, 0.3) is 0 Å². The molecule has 2 aliphatic rings. The van der Waals surface area contributed by atoms with Gasteiger partial charge in [-0.15, -0.1) is 23.4 Å². The van der Waals surface area contributed by atoms with Crippen molar-refractivity contribution < 1.29 is 4.79 Å². The van der Waals surface area contributed by atoms with Gasteiger partial charge in [-0.25, -0.2) is 0 Å². The van der Waals surface area contributed by atoms with E-state index in [0.29, 0.717) is 0 Å². The number of thioether (sulfide) groups is 1. The summed E-state index contributed by atoms with van der Waals surface area (Å²) in [5.41, 5.74) is 1.99. The first-order valence-electron chi connectivity index (χ1n) is 8.54. The van der Waals surface area contributed by atoms with Crippen molar-refractivity contribution in [3.63, 3.8) is 0 Å². The van der Waals surface area contributed by atoms with E-state index in [9.17, 15) is 4.79 Å². The smallest absolute Gasteiger partial charge is 0.243 e. The maximum Gasteiger partial charge on any atom is 0.243 e. The van der Waals surface area contributed by atoms with Crippen molar-refractivity contribution in [2.75, 3.05) is 5.32 Å². The number of halogens is 1. The zero-order valence-electron chi connectivity index (χ0n) is 14.0. The third-order valence-electron chi connectivity index (χ3n) is 5.15. The van der Waals surface area contributed by atoms with Crippen molar-refractivity contribution in [2.45, 2.75) is 28.4 Å². The summed E-state index contributed by atoms with van der Waals surface area (Å²) in [7, 11) is 0. The lowest BCUT2D eigenvalue weighted by Crippen LogP contribution is -2.50. The molecule has 4 atom stereocenters. The summed E-state index contributed by atoms with van der Waals surface area (Å²) in [5, 5.41) is 2.90. The van der Waals surface area contributed by atoms with Gasteiger partial charge >= 0.3 is 0 Å². The van der Waals surface area contributed by atoms with Crippen LogP contribution < -0.4 is 5.32 Å². The molecule has 2 bridgehead atoms. The third-order valence-corrected chi connectivity index (χ3v) is 7.53. The zero-order valence-corrected chi connectivity index (χ0v) is 15.6. The fourth-order valence-electron chi connectivity index (χ4n) is 3.81. The van der Waals surface area contributed by atoms with Crippen molar-refractivity contribution in [1.82, 2.24) is 0 Å². The summed E-state index contributed by atoms with van der Waals surface area (Å²) in [5.74, 6) is 0.435. The van der Waals surface area contributed by atoms with Gasteiger partial charge in [0.15, 0.2) is 0 Å². The molecule has 1 N–H and O–H groups in total. The van der Waals surface area contributed by atoms with E-state index in [2.05, 4.69) is 17.5 Å². The minimum atomic E-state index is -0.673. The van der Waals surface area contributed by atoms with Crippen LogP contribution in [0.15, 0.2) is 71.6 Å². The summed E-state index contributed by atoms with van der Waals surface area (Å²) < 4.78 is -0.673. The second-order valence-corrected chi connectivity index (χ2v) is 8.64. The van der Waals surface area contributed by atoms with E-state index < -0.39 is 4.75 Å². The van der Waals surface area contributed by atoms with Crippen LogP contribution in [0.5, 0.6) is 0 Å². The van der Waals surface area contributed by atoms with Gasteiger partial charge in [-0.3, -0.25) is 4.79 Å². The average molecular weight is 370 g/mol. The average Bonchev–Trinajstić information content (AvgIpc) is 3.20. The van der Waals surface area contributed by atoms with E-state index in [-0.39, 0.29) is 23.1 Å². The molecule has 2 aromatic rings. The molecule has 1 fully saturated rings. The highest BCUT2D eigenvalue weighted by Gasteiger charge is 2.60. The quantitative estimate of drug-likeness (QED) is 0.587. The Morgan fingerprint density at radius 1 is 1.12 bits per heavy atom. The zero-order chi connectivity index (χ0) is 17.4. The molecule has 2 aromatic carbocycles. The minimum Gasteiger partial charge on any atom is -0.325 e. The number of alkyl halides is 1. The molecule has 0 unspecified atom stereocenters. The van der Waals surface area contributed by atoms with E-state index in [0.717, 1.165) is 17.0 Å². The molecule has 0 spiro atoms. The van der Waals surface area contributed by atoms with Gasteiger partial charge in [0, 0.05) is 16.5 Å². The maximum absolute atomic E-state index is 13.4. The number of fused-ring (bicyclic) bond motifs is 2. The second kappa shape index (κ2) is 6.54. The molecule has 0 aliphatic heterocycles. The predicted molar refractivity (Wildman–Crippen MR) is 105 cm³/mol. The number of amides is 1. The molecule has 1 amide bonds. The highest BCUT2D eigenvalue weighted by molar-refractivity contribution is 8.01. The van der Waals surface area contributed by atoms with Crippen LogP contribution in [0.1, 0.15) is 12.0 Å². The number of benzene rings is 2. The van der Waals surface area contributed by atoms with Crippen molar-refractivity contribution in [3.8, 4) is 0 Å². The summed E-state index contributed by atoms with van der Waals surface area (Å²) in [4.78, 5) is 14.5. The first kappa shape index (κ1) is 16.7. The van der Waals surface area contributed by atoms with E-state index >= 15 is 0 Å². The number of hydrogen-bond acceptors (Lipinski definition) is 2. The molecule has 0 aromatic heterocycles. The van der Waals surface area contributed by atoms with Crippen LogP contribution in [0.25, 0.3) is 0 Å². The number of carbonyl (C=O) groups excluding carboxylic acids is 1. The number of carbonyl (C=O) groups is 1. The normalized spacial score (nSPS) is 29.8. The van der Waals surface area contributed by atoms with E-state index in [4.69, 9.17) is 11.6 Å². The molecule has 25 heavy (non-hydrogen) atoms. The Morgan fingerprint density at radius 3 is 2.48 bits per heavy atom. The summed E-state index contributed by atoms with van der Waals surface area (Å²) in [6, 6.07) is 18.0. The first-order chi connectivity index (χ1) is 12.1. The van der Waals surface area contributed by atoms with Crippen LogP contribution in [-0.2, 0) is 4.79 Å². The lowest BCUT2D eigenvalue weighted by Gasteiger charge is -2.37. The Labute approximate surface area is 157 Å². The number of rotatable bonds is 4. The minimum absolute atomic E-state index is 0.00190. The molecular formula is C21H20ClNOS. The summed E-state index contributed by atoms with van der Waals surface area (Å²) in [6.07, 6.45) is 5.30. The van der Waals surface area contributed by atoms with Gasteiger partial charge in [-0.05, 0) is 43.5 Å². The van der Waals surface area contributed by atoms with Crippen molar-refractivity contribution in [1.29, 1.82) is 0 Å². The second-order valence-electron chi connectivity index (χ2n) is 6.82. The number of allylic oxidation sites excluding steroid dienone is 2. The van der Waals surface area contributed by atoms with Gasteiger partial charge in [0.2, 0.25) is 5.91 Å². The van der Waals surface area contributed by atoms with Crippen LogP contribution in [0.4, 0.5) is 5.69 Å². The molecule has 2 nitrogen and oxygen atoms in total. The number of anilines is 1. The van der Waals surface area contributed by atoms with Gasteiger partial charge < -0.3 is 5.32 Å². The third kappa shape index (κ3) is 2.90. The molecule has 4 heteroatoms. The van der Waals surface area contributed by atoms with Crippen molar-refractivity contribution >= 4 is 35.0 Å². The molecule has 0 heterocycles. The predicted octanol–water partition coefficient (Wildman–Crippen LogP) is 5.28. The first-order valence-corrected chi connectivity index (χ1v) is 9.79. The van der Waals surface area contributed by atoms with E-state index in [1.54, 1.807) is 11.8 Å². The topological polar surface area (TPSA) is 29.1 Å². The van der Waals surface area contributed by atoms with Gasteiger partial charge in [0.1, 0.15) is 4.75 Å². The highest BCUT2D eigenvalue weighted by atomic mass is 35.5. The van der Waals surface area contributed by atoms with Crippen molar-refractivity contribution in [3.05, 3.63) is 72.3 Å². The Hall–Kier alpha value is -1.71. The van der Waals surface area contributed by atoms with E-state index in [1.165, 1.54) is 5.56 Å². The monoisotopic (exact) mass is 369 g/mol. The highest BCUT2D eigenvalue weighted by Crippen LogP contribution is 2.58. The molecule has 2 aliphatic carbocycles. The number of nitrogens with one attached hydrogen (secondary N) is 1. The van der Waals surface area contributed by atoms with Crippen molar-refractivity contribution in [2.24, 2.45) is 11.8 Å². The van der Waals surface area contributed by atoms with Gasteiger partial charge in [-0.2, -0.15) is 0 Å². The Kier molecular flexibility index (Phi) is 4.38. The lowest BCUT2D eigenvalue weighted by molar-refractivity contribution is -0.118. The van der Waals surface area contributed by atoms with Crippen LogP contribution in [0.2, 0.25) is 0 Å². The van der Waals surface area contributed by atoms with Crippen LogP contribution in [0.3, 0.4) is 0 Å². The summed E-state index contributed by atoms with van der Waals surface area (Å²) >= 11 is 8.44. The molecule has 128 valence electrons. The molecule has 1 saturated carbocycles. The molecule has 0 radical (unpaired) electrons. The van der Waals surface area contributed by atoms with E-state index in [1.807, 2.05) is 61.5 Å². The fourth-order valence-corrected chi connectivity index (χ4v) is 5.83. The number of hydrogen-bond donors (Lipinski definition) is 1. The number of aryl methyl sites for hydroxylation is 1.